The molecule has 1 fully saturated rings. The monoisotopic (exact) mass is 325 g/mol. The summed E-state index contributed by atoms with van der Waals surface area (Å²) in [5.41, 5.74) is 1.21. The fourth-order valence-corrected chi connectivity index (χ4v) is 3.43. The van der Waals surface area contributed by atoms with Crippen molar-refractivity contribution in [3.05, 3.63) is 28.2 Å². The zero-order chi connectivity index (χ0) is 14.0. The Morgan fingerprint density at radius 2 is 1.89 bits per heavy atom. The molecule has 0 saturated heterocycles. The molecular formula is C15H20BrNO2. The lowest BCUT2D eigenvalue weighted by Crippen LogP contribution is -2.44. The summed E-state index contributed by atoms with van der Waals surface area (Å²) in [6.07, 6.45) is 3.11. The molecule has 4 heteroatoms. The minimum Gasteiger partial charge on any atom is -0.496 e. The molecule has 1 aliphatic rings. The van der Waals surface area contributed by atoms with E-state index in [0.29, 0.717) is 18.6 Å². The summed E-state index contributed by atoms with van der Waals surface area (Å²) in [7, 11) is 5.85. The lowest BCUT2D eigenvalue weighted by molar-refractivity contribution is -0.122. The van der Waals surface area contributed by atoms with Crippen molar-refractivity contribution in [1.29, 1.82) is 0 Å². The van der Waals surface area contributed by atoms with Gasteiger partial charge >= 0.3 is 0 Å². The van der Waals surface area contributed by atoms with Crippen molar-refractivity contribution in [2.24, 2.45) is 0 Å². The van der Waals surface area contributed by atoms with Gasteiger partial charge in [-0.25, -0.2) is 0 Å². The molecule has 0 N–H and O–H groups in total. The molecule has 2 rings (SSSR count). The van der Waals surface area contributed by atoms with Gasteiger partial charge in [-0.1, -0.05) is 6.07 Å². The van der Waals surface area contributed by atoms with Crippen molar-refractivity contribution in [3.8, 4) is 5.75 Å². The number of ketones is 1. The van der Waals surface area contributed by atoms with Gasteiger partial charge in [0.1, 0.15) is 11.5 Å². The molecular weight excluding hydrogens is 306 g/mol. The van der Waals surface area contributed by atoms with Gasteiger partial charge in [-0.05, 0) is 60.6 Å². The lowest BCUT2D eigenvalue weighted by atomic mass is 9.75. The molecule has 0 unspecified atom stereocenters. The minimum atomic E-state index is -0.0390. The highest BCUT2D eigenvalue weighted by atomic mass is 79.9. The standard InChI is InChI=1S/C15H20BrNO2/c1-17(2)15(8-6-12(18)7-9-15)11-4-5-14(19-3)13(16)10-11/h4-5,10H,6-9H2,1-3H3. The Balaban J connectivity index is 2.39. The van der Waals surface area contributed by atoms with Gasteiger partial charge in [-0.2, -0.15) is 0 Å². The summed E-state index contributed by atoms with van der Waals surface area (Å²) in [5, 5.41) is 0. The Bertz CT molecular complexity index is 475. The van der Waals surface area contributed by atoms with E-state index in [9.17, 15) is 4.79 Å². The van der Waals surface area contributed by atoms with Gasteiger partial charge in [0.25, 0.3) is 0 Å². The minimum absolute atomic E-state index is 0.0390. The van der Waals surface area contributed by atoms with Crippen LogP contribution in [0.25, 0.3) is 0 Å². The normalized spacial score (nSPS) is 18.7. The number of methoxy groups -OCH3 is 1. The predicted octanol–water partition coefficient (Wildman–Crippen LogP) is 3.36. The van der Waals surface area contributed by atoms with Crippen molar-refractivity contribution in [2.75, 3.05) is 21.2 Å². The van der Waals surface area contributed by atoms with Gasteiger partial charge in [-0.3, -0.25) is 9.69 Å². The second-order valence-electron chi connectivity index (χ2n) is 5.31. The highest BCUT2D eigenvalue weighted by molar-refractivity contribution is 9.10. The molecule has 1 aromatic rings. The molecule has 104 valence electrons. The first-order valence-corrected chi connectivity index (χ1v) is 7.32. The molecule has 0 heterocycles. The SMILES string of the molecule is COc1ccc(C2(N(C)C)CCC(=O)CC2)cc1Br. The third kappa shape index (κ3) is 2.70. The maximum Gasteiger partial charge on any atom is 0.133 e. The van der Waals surface area contributed by atoms with Crippen LogP contribution in [0.5, 0.6) is 5.75 Å². The van der Waals surface area contributed by atoms with E-state index in [0.717, 1.165) is 23.1 Å². The molecule has 0 aromatic heterocycles. The fourth-order valence-electron chi connectivity index (χ4n) is 2.89. The molecule has 3 nitrogen and oxygen atoms in total. The highest BCUT2D eigenvalue weighted by Crippen LogP contribution is 2.42. The Hall–Kier alpha value is -0.870. The van der Waals surface area contributed by atoms with Crippen LogP contribution in [0.4, 0.5) is 0 Å². The maximum atomic E-state index is 11.5. The average Bonchev–Trinajstić information content (AvgIpc) is 2.39. The maximum absolute atomic E-state index is 11.5. The average molecular weight is 326 g/mol. The lowest BCUT2D eigenvalue weighted by Gasteiger charge is -2.43. The van der Waals surface area contributed by atoms with Crippen LogP contribution in [0.15, 0.2) is 22.7 Å². The van der Waals surface area contributed by atoms with E-state index in [1.165, 1.54) is 5.56 Å². The van der Waals surface area contributed by atoms with E-state index < -0.39 is 0 Å². The third-order valence-corrected chi connectivity index (χ3v) is 4.80. The number of hydrogen-bond donors (Lipinski definition) is 0. The second kappa shape index (κ2) is 5.63. The first kappa shape index (κ1) is 14.5. The quantitative estimate of drug-likeness (QED) is 0.853. The highest BCUT2D eigenvalue weighted by Gasteiger charge is 2.38. The summed E-state index contributed by atoms with van der Waals surface area (Å²) in [5.74, 6) is 1.22. The molecule has 1 saturated carbocycles. The molecule has 1 aromatic carbocycles. The smallest absolute Gasteiger partial charge is 0.133 e. The largest absolute Gasteiger partial charge is 0.496 e. The van der Waals surface area contributed by atoms with E-state index >= 15 is 0 Å². The summed E-state index contributed by atoms with van der Waals surface area (Å²) >= 11 is 3.55. The van der Waals surface area contributed by atoms with Crippen LogP contribution in [0.2, 0.25) is 0 Å². The molecule has 0 aliphatic heterocycles. The van der Waals surface area contributed by atoms with E-state index in [1.807, 2.05) is 6.07 Å². The van der Waals surface area contributed by atoms with Crippen molar-refractivity contribution < 1.29 is 9.53 Å². The Kier molecular flexibility index (Phi) is 4.31. The van der Waals surface area contributed by atoms with Gasteiger partial charge in [-0.15, -0.1) is 0 Å². The number of hydrogen-bond acceptors (Lipinski definition) is 3. The molecule has 0 spiro atoms. The summed E-state index contributed by atoms with van der Waals surface area (Å²) in [6, 6.07) is 6.22. The molecule has 19 heavy (non-hydrogen) atoms. The number of benzene rings is 1. The van der Waals surface area contributed by atoms with Crippen molar-refractivity contribution in [3.63, 3.8) is 0 Å². The zero-order valence-electron chi connectivity index (χ0n) is 11.7. The van der Waals surface area contributed by atoms with E-state index in [4.69, 9.17) is 4.74 Å². The number of carbonyl (C=O) groups excluding carboxylic acids is 1. The first-order valence-electron chi connectivity index (χ1n) is 6.53. The Labute approximate surface area is 123 Å². The molecule has 0 atom stereocenters. The second-order valence-corrected chi connectivity index (χ2v) is 6.17. The van der Waals surface area contributed by atoms with E-state index in [-0.39, 0.29) is 5.54 Å². The van der Waals surface area contributed by atoms with Gasteiger partial charge < -0.3 is 4.74 Å². The predicted molar refractivity (Wildman–Crippen MR) is 79.5 cm³/mol. The van der Waals surface area contributed by atoms with Crippen LogP contribution in [-0.2, 0) is 10.3 Å². The van der Waals surface area contributed by atoms with Gasteiger partial charge in [0, 0.05) is 18.4 Å². The number of ether oxygens (including phenoxy) is 1. The van der Waals surface area contributed by atoms with Gasteiger partial charge in [0.2, 0.25) is 0 Å². The van der Waals surface area contributed by atoms with Crippen LogP contribution >= 0.6 is 15.9 Å². The Morgan fingerprint density at radius 3 is 2.37 bits per heavy atom. The van der Waals surface area contributed by atoms with Crippen LogP contribution in [-0.4, -0.2) is 31.9 Å². The summed E-state index contributed by atoms with van der Waals surface area (Å²) < 4.78 is 6.25. The van der Waals surface area contributed by atoms with Crippen molar-refractivity contribution in [2.45, 2.75) is 31.2 Å². The van der Waals surface area contributed by atoms with Gasteiger partial charge in [0.15, 0.2) is 0 Å². The number of Topliss-reactive ketones (excluding diaryl/α,β-unsaturated/α-hetero) is 1. The van der Waals surface area contributed by atoms with Crippen LogP contribution in [0, 0.1) is 0 Å². The van der Waals surface area contributed by atoms with Crippen LogP contribution < -0.4 is 4.74 Å². The number of carbonyl (C=O) groups is 1. The number of halogens is 1. The van der Waals surface area contributed by atoms with E-state index in [2.05, 4.69) is 47.1 Å². The summed E-state index contributed by atoms with van der Waals surface area (Å²) in [4.78, 5) is 13.8. The molecule has 0 amide bonds. The summed E-state index contributed by atoms with van der Waals surface area (Å²) in [6.45, 7) is 0. The van der Waals surface area contributed by atoms with E-state index in [1.54, 1.807) is 7.11 Å². The van der Waals surface area contributed by atoms with Crippen molar-refractivity contribution in [1.82, 2.24) is 4.90 Å². The topological polar surface area (TPSA) is 29.5 Å². The first-order chi connectivity index (χ1) is 8.99. The molecule has 1 aliphatic carbocycles. The number of nitrogens with zero attached hydrogens (tertiary/aromatic N) is 1. The van der Waals surface area contributed by atoms with Crippen molar-refractivity contribution >= 4 is 21.7 Å². The fraction of sp³-hybridized carbons (Fsp3) is 0.533. The number of rotatable bonds is 3. The molecule has 0 bridgehead atoms. The zero-order valence-corrected chi connectivity index (χ0v) is 13.3. The van der Waals surface area contributed by atoms with Gasteiger partial charge in [0.05, 0.1) is 11.6 Å². The molecule has 0 radical (unpaired) electrons. The third-order valence-electron chi connectivity index (χ3n) is 4.18. The Morgan fingerprint density at radius 1 is 1.26 bits per heavy atom. The van der Waals surface area contributed by atoms with Crippen LogP contribution in [0.3, 0.4) is 0 Å². The van der Waals surface area contributed by atoms with Crippen LogP contribution in [0.1, 0.15) is 31.2 Å².